The zero-order valence-corrected chi connectivity index (χ0v) is 14.0. The molecule has 0 bridgehead atoms. The summed E-state index contributed by atoms with van der Waals surface area (Å²) in [6, 6.07) is 4.52. The van der Waals surface area contributed by atoms with E-state index in [1.54, 1.807) is 16.8 Å². The molecule has 0 unspecified atom stereocenters. The second-order valence-electron chi connectivity index (χ2n) is 5.40. The first-order valence-electron chi connectivity index (χ1n) is 7.38. The van der Waals surface area contributed by atoms with Crippen molar-refractivity contribution in [2.75, 3.05) is 0 Å². The molecule has 2 heterocycles. The van der Waals surface area contributed by atoms with Crippen LogP contribution >= 0.6 is 11.6 Å². The molecule has 23 heavy (non-hydrogen) atoms. The van der Waals surface area contributed by atoms with Crippen molar-refractivity contribution in [3.63, 3.8) is 0 Å². The monoisotopic (exact) mass is 333 g/mol. The summed E-state index contributed by atoms with van der Waals surface area (Å²) in [4.78, 5) is 0. The van der Waals surface area contributed by atoms with Crippen molar-refractivity contribution < 1.29 is 4.39 Å². The molecule has 0 radical (unpaired) electrons. The SMILES string of the molecule is CCn1nc(C)c(Cn2cc(-c3ccc(F)c(Cl)c3)nn2)c1C. The molecule has 0 atom stereocenters. The molecule has 0 spiro atoms. The van der Waals surface area contributed by atoms with Crippen LogP contribution in [0.3, 0.4) is 0 Å². The lowest BCUT2D eigenvalue weighted by Crippen LogP contribution is -2.04. The van der Waals surface area contributed by atoms with Crippen molar-refractivity contribution in [3.8, 4) is 11.3 Å². The van der Waals surface area contributed by atoms with Gasteiger partial charge in [0.15, 0.2) is 0 Å². The lowest BCUT2D eigenvalue weighted by molar-refractivity contribution is 0.625. The first-order chi connectivity index (χ1) is 11.0. The highest BCUT2D eigenvalue weighted by atomic mass is 35.5. The largest absolute Gasteiger partial charge is 0.270 e. The topological polar surface area (TPSA) is 48.5 Å². The molecule has 0 amide bonds. The minimum Gasteiger partial charge on any atom is -0.270 e. The summed E-state index contributed by atoms with van der Waals surface area (Å²) >= 11 is 5.82. The van der Waals surface area contributed by atoms with Gasteiger partial charge in [-0.25, -0.2) is 9.07 Å². The van der Waals surface area contributed by atoms with Crippen LogP contribution in [0.1, 0.15) is 23.9 Å². The van der Waals surface area contributed by atoms with E-state index in [0.29, 0.717) is 12.2 Å². The van der Waals surface area contributed by atoms with E-state index in [4.69, 9.17) is 11.6 Å². The van der Waals surface area contributed by atoms with Gasteiger partial charge in [-0.15, -0.1) is 5.10 Å². The number of nitrogens with zero attached hydrogens (tertiary/aromatic N) is 5. The van der Waals surface area contributed by atoms with E-state index in [9.17, 15) is 4.39 Å². The van der Waals surface area contributed by atoms with Gasteiger partial charge in [0.1, 0.15) is 11.5 Å². The standard InChI is InChI=1S/C16H17ClFN5/c1-4-23-11(3)13(10(2)20-23)8-22-9-16(19-21-22)12-5-6-15(18)14(17)7-12/h5-7,9H,4,8H2,1-3H3. The van der Waals surface area contributed by atoms with Crippen LogP contribution in [0.25, 0.3) is 11.3 Å². The smallest absolute Gasteiger partial charge is 0.141 e. The van der Waals surface area contributed by atoms with Gasteiger partial charge in [-0.1, -0.05) is 16.8 Å². The molecule has 1 aromatic carbocycles. The quantitative estimate of drug-likeness (QED) is 0.732. The molecule has 3 rings (SSSR count). The Bertz CT molecular complexity index is 852. The van der Waals surface area contributed by atoms with Gasteiger partial charge >= 0.3 is 0 Å². The molecule has 0 saturated heterocycles. The lowest BCUT2D eigenvalue weighted by Gasteiger charge is -2.02. The number of hydrogen-bond acceptors (Lipinski definition) is 3. The van der Waals surface area contributed by atoms with Gasteiger partial charge in [-0.2, -0.15) is 5.10 Å². The third-order valence-electron chi connectivity index (χ3n) is 3.91. The Hall–Kier alpha value is -2.21. The van der Waals surface area contributed by atoms with Crippen LogP contribution in [0.15, 0.2) is 24.4 Å². The fraction of sp³-hybridized carbons (Fsp3) is 0.312. The molecule has 120 valence electrons. The Morgan fingerprint density at radius 1 is 1.26 bits per heavy atom. The number of aryl methyl sites for hydroxylation is 2. The highest BCUT2D eigenvalue weighted by Gasteiger charge is 2.13. The molecule has 7 heteroatoms. The van der Waals surface area contributed by atoms with E-state index in [2.05, 4.69) is 29.3 Å². The predicted octanol–water partition coefficient (Wildman–Crippen LogP) is 3.62. The number of hydrogen-bond donors (Lipinski definition) is 0. The van der Waals surface area contributed by atoms with Crippen molar-refractivity contribution >= 4 is 11.6 Å². The van der Waals surface area contributed by atoms with Gasteiger partial charge in [0, 0.05) is 23.4 Å². The molecule has 2 aromatic heterocycles. The van der Waals surface area contributed by atoms with Crippen molar-refractivity contribution in [1.82, 2.24) is 24.8 Å². The maximum atomic E-state index is 13.2. The molecular weight excluding hydrogens is 317 g/mol. The van der Waals surface area contributed by atoms with Gasteiger partial charge in [-0.05, 0) is 39.0 Å². The number of aromatic nitrogens is 5. The van der Waals surface area contributed by atoms with E-state index < -0.39 is 5.82 Å². The van der Waals surface area contributed by atoms with Crippen LogP contribution in [0, 0.1) is 19.7 Å². The first-order valence-corrected chi connectivity index (χ1v) is 7.75. The minimum atomic E-state index is -0.443. The van der Waals surface area contributed by atoms with Crippen LogP contribution in [0.5, 0.6) is 0 Å². The van der Waals surface area contributed by atoms with Crippen LogP contribution in [0.4, 0.5) is 4.39 Å². The summed E-state index contributed by atoms with van der Waals surface area (Å²) in [6.07, 6.45) is 1.83. The van der Waals surface area contributed by atoms with E-state index in [1.807, 2.05) is 17.8 Å². The van der Waals surface area contributed by atoms with Gasteiger partial charge in [0.25, 0.3) is 0 Å². The van der Waals surface area contributed by atoms with E-state index in [1.165, 1.54) is 6.07 Å². The average molecular weight is 334 g/mol. The zero-order chi connectivity index (χ0) is 16.6. The lowest BCUT2D eigenvalue weighted by atomic mass is 10.1. The van der Waals surface area contributed by atoms with E-state index in [-0.39, 0.29) is 5.02 Å². The summed E-state index contributed by atoms with van der Waals surface area (Å²) in [5, 5.41) is 12.9. The number of benzene rings is 1. The molecule has 0 aliphatic carbocycles. The molecule has 0 N–H and O–H groups in total. The summed E-state index contributed by atoms with van der Waals surface area (Å²) in [5.74, 6) is -0.443. The van der Waals surface area contributed by atoms with Crippen molar-refractivity contribution in [3.05, 3.63) is 52.2 Å². The fourth-order valence-electron chi connectivity index (χ4n) is 2.60. The third kappa shape index (κ3) is 2.99. The summed E-state index contributed by atoms with van der Waals surface area (Å²) in [5.41, 5.74) is 4.66. The highest BCUT2D eigenvalue weighted by molar-refractivity contribution is 6.31. The van der Waals surface area contributed by atoms with Gasteiger partial charge in [0.2, 0.25) is 0 Å². The van der Waals surface area contributed by atoms with Gasteiger partial charge in [-0.3, -0.25) is 4.68 Å². The van der Waals surface area contributed by atoms with Crippen LogP contribution in [0.2, 0.25) is 5.02 Å². The normalized spacial score (nSPS) is 11.2. The molecule has 0 aliphatic rings. The van der Waals surface area contributed by atoms with Crippen LogP contribution in [-0.4, -0.2) is 24.8 Å². The molecular formula is C16H17ClFN5. The Morgan fingerprint density at radius 2 is 2.04 bits per heavy atom. The summed E-state index contributed by atoms with van der Waals surface area (Å²) < 4.78 is 17.0. The summed E-state index contributed by atoms with van der Waals surface area (Å²) in [7, 11) is 0. The highest BCUT2D eigenvalue weighted by Crippen LogP contribution is 2.23. The maximum Gasteiger partial charge on any atom is 0.141 e. The second-order valence-corrected chi connectivity index (χ2v) is 5.80. The third-order valence-corrected chi connectivity index (χ3v) is 4.19. The minimum absolute atomic E-state index is 0.0768. The first kappa shape index (κ1) is 15.7. The van der Waals surface area contributed by atoms with Crippen molar-refractivity contribution in [1.29, 1.82) is 0 Å². The molecule has 3 aromatic rings. The Morgan fingerprint density at radius 3 is 2.70 bits per heavy atom. The molecule has 0 fully saturated rings. The summed E-state index contributed by atoms with van der Waals surface area (Å²) in [6.45, 7) is 7.54. The van der Waals surface area contributed by atoms with Crippen LogP contribution < -0.4 is 0 Å². The Labute approximate surface area is 138 Å². The van der Waals surface area contributed by atoms with Gasteiger partial charge < -0.3 is 0 Å². The average Bonchev–Trinajstić information content (AvgIpc) is 3.10. The Kier molecular flexibility index (Phi) is 4.17. The number of rotatable bonds is 4. The van der Waals surface area contributed by atoms with Crippen molar-refractivity contribution in [2.24, 2.45) is 0 Å². The van der Waals surface area contributed by atoms with E-state index >= 15 is 0 Å². The zero-order valence-electron chi connectivity index (χ0n) is 13.2. The maximum absolute atomic E-state index is 13.2. The fourth-order valence-corrected chi connectivity index (χ4v) is 2.78. The van der Waals surface area contributed by atoms with E-state index in [0.717, 1.165) is 29.1 Å². The van der Waals surface area contributed by atoms with Gasteiger partial charge in [0.05, 0.1) is 23.5 Å². The second kappa shape index (κ2) is 6.12. The number of halogens is 2. The molecule has 0 saturated carbocycles. The molecule has 0 aliphatic heterocycles. The molecule has 5 nitrogen and oxygen atoms in total. The van der Waals surface area contributed by atoms with Crippen LogP contribution in [-0.2, 0) is 13.1 Å². The Balaban J connectivity index is 1.88. The van der Waals surface area contributed by atoms with Crippen molar-refractivity contribution in [2.45, 2.75) is 33.9 Å². The predicted molar refractivity (Wildman–Crippen MR) is 86.9 cm³/mol.